The first-order chi connectivity index (χ1) is 8.20. The van der Waals surface area contributed by atoms with E-state index >= 15 is 0 Å². The van der Waals surface area contributed by atoms with Gasteiger partial charge in [-0.15, -0.1) is 0 Å². The number of Topliss-reactive ketones (excluding diaryl/α,β-unsaturated/α-hetero) is 1. The number of hydrogen-bond donors (Lipinski definition) is 1. The summed E-state index contributed by atoms with van der Waals surface area (Å²) in [5, 5.41) is 2.79. The number of carbonyl (C=O) groups excluding carboxylic acids is 2. The maximum atomic E-state index is 11.5. The molecule has 0 bridgehead atoms. The number of carbonyl (C=O) groups is 2. The SMILES string of the molecule is CCC(=O)c1ccc(N2CCNC(=O)C2)cc1. The van der Waals surface area contributed by atoms with Crippen LogP contribution in [-0.4, -0.2) is 31.3 Å². The average Bonchev–Trinajstić information content (AvgIpc) is 2.38. The Hall–Kier alpha value is -1.84. The molecule has 1 heterocycles. The third-order valence-electron chi connectivity index (χ3n) is 2.91. The molecule has 0 radical (unpaired) electrons. The van der Waals surface area contributed by atoms with Crippen LogP contribution < -0.4 is 10.2 Å². The first-order valence-corrected chi connectivity index (χ1v) is 5.85. The van der Waals surface area contributed by atoms with E-state index in [9.17, 15) is 9.59 Å². The van der Waals surface area contributed by atoms with Crippen molar-refractivity contribution >= 4 is 17.4 Å². The largest absolute Gasteiger partial charge is 0.360 e. The molecular formula is C13H16N2O2. The lowest BCUT2D eigenvalue weighted by Crippen LogP contribution is -2.47. The second-order valence-electron chi connectivity index (χ2n) is 4.10. The zero-order chi connectivity index (χ0) is 12.3. The fourth-order valence-corrected chi connectivity index (χ4v) is 1.92. The van der Waals surface area contributed by atoms with Crippen LogP contribution in [0.5, 0.6) is 0 Å². The summed E-state index contributed by atoms with van der Waals surface area (Å²) >= 11 is 0. The lowest BCUT2D eigenvalue weighted by atomic mass is 10.1. The molecular weight excluding hydrogens is 216 g/mol. The molecule has 1 N–H and O–H groups in total. The fourth-order valence-electron chi connectivity index (χ4n) is 1.92. The van der Waals surface area contributed by atoms with Crippen molar-refractivity contribution in [1.29, 1.82) is 0 Å². The quantitative estimate of drug-likeness (QED) is 0.797. The zero-order valence-corrected chi connectivity index (χ0v) is 9.90. The van der Waals surface area contributed by atoms with Crippen LogP contribution in [-0.2, 0) is 4.79 Å². The summed E-state index contributed by atoms with van der Waals surface area (Å²) in [6, 6.07) is 7.46. The van der Waals surface area contributed by atoms with Gasteiger partial charge in [-0.2, -0.15) is 0 Å². The molecule has 1 amide bonds. The van der Waals surface area contributed by atoms with Crippen LogP contribution in [0.4, 0.5) is 5.69 Å². The summed E-state index contributed by atoms with van der Waals surface area (Å²) in [5.74, 6) is 0.192. The number of nitrogens with one attached hydrogen (secondary N) is 1. The highest BCUT2D eigenvalue weighted by Crippen LogP contribution is 2.16. The Bertz CT molecular complexity index is 426. The van der Waals surface area contributed by atoms with Crippen LogP contribution in [0.2, 0.25) is 0 Å². The molecule has 17 heavy (non-hydrogen) atoms. The van der Waals surface area contributed by atoms with Crippen LogP contribution in [0.3, 0.4) is 0 Å². The van der Waals surface area contributed by atoms with Gasteiger partial charge in [-0.05, 0) is 24.3 Å². The van der Waals surface area contributed by atoms with E-state index in [1.165, 1.54) is 0 Å². The van der Waals surface area contributed by atoms with E-state index in [-0.39, 0.29) is 11.7 Å². The Morgan fingerprint density at radius 3 is 2.65 bits per heavy atom. The van der Waals surface area contributed by atoms with Crippen LogP contribution in [0.25, 0.3) is 0 Å². The number of hydrogen-bond acceptors (Lipinski definition) is 3. The van der Waals surface area contributed by atoms with Crippen molar-refractivity contribution in [2.45, 2.75) is 13.3 Å². The molecule has 4 heteroatoms. The first-order valence-electron chi connectivity index (χ1n) is 5.85. The van der Waals surface area contributed by atoms with Gasteiger partial charge in [-0.25, -0.2) is 0 Å². The Morgan fingerprint density at radius 1 is 1.35 bits per heavy atom. The second kappa shape index (κ2) is 4.99. The Morgan fingerprint density at radius 2 is 2.06 bits per heavy atom. The predicted octanol–water partition coefficient (Wildman–Crippen LogP) is 1.22. The van der Waals surface area contributed by atoms with Gasteiger partial charge in [0.1, 0.15) is 0 Å². The van der Waals surface area contributed by atoms with Crippen molar-refractivity contribution < 1.29 is 9.59 Å². The molecule has 0 saturated carbocycles. The number of ketones is 1. The van der Waals surface area contributed by atoms with Crippen molar-refractivity contribution in [3.63, 3.8) is 0 Å². The van der Waals surface area contributed by atoms with Crippen molar-refractivity contribution in [3.05, 3.63) is 29.8 Å². The van der Waals surface area contributed by atoms with E-state index in [1.807, 2.05) is 36.1 Å². The van der Waals surface area contributed by atoms with E-state index in [4.69, 9.17) is 0 Å². The maximum absolute atomic E-state index is 11.5. The summed E-state index contributed by atoms with van der Waals surface area (Å²) < 4.78 is 0. The molecule has 1 aliphatic heterocycles. The molecule has 1 aromatic carbocycles. The van der Waals surface area contributed by atoms with E-state index in [0.29, 0.717) is 19.5 Å². The number of nitrogens with zero attached hydrogens (tertiary/aromatic N) is 1. The maximum Gasteiger partial charge on any atom is 0.239 e. The van der Waals surface area contributed by atoms with Crippen molar-refractivity contribution in [2.75, 3.05) is 24.5 Å². The lowest BCUT2D eigenvalue weighted by Gasteiger charge is -2.28. The number of amides is 1. The van der Waals surface area contributed by atoms with Crippen LogP contribution in [0.15, 0.2) is 24.3 Å². The molecule has 2 rings (SSSR count). The van der Waals surface area contributed by atoms with Crippen molar-refractivity contribution in [3.8, 4) is 0 Å². The third-order valence-corrected chi connectivity index (χ3v) is 2.91. The molecule has 1 fully saturated rings. The molecule has 1 saturated heterocycles. The van der Waals surface area contributed by atoms with Crippen LogP contribution in [0, 0.1) is 0 Å². The molecule has 90 valence electrons. The van der Waals surface area contributed by atoms with Crippen LogP contribution in [0.1, 0.15) is 23.7 Å². The number of rotatable bonds is 3. The van der Waals surface area contributed by atoms with Gasteiger partial charge < -0.3 is 10.2 Å². The molecule has 1 aliphatic rings. The summed E-state index contributed by atoms with van der Waals surface area (Å²) in [6.07, 6.45) is 0.519. The van der Waals surface area contributed by atoms with Gasteiger partial charge in [-0.1, -0.05) is 6.92 Å². The van der Waals surface area contributed by atoms with E-state index in [2.05, 4.69) is 5.32 Å². The highest BCUT2D eigenvalue weighted by atomic mass is 16.2. The number of benzene rings is 1. The summed E-state index contributed by atoms with van der Waals surface area (Å²) in [7, 11) is 0. The standard InChI is InChI=1S/C13H16N2O2/c1-2-12(16)10-3-5-11(6-4-10)15-8-7-14-13(17)9-15/h3-6H,2,7-9H2,1H3,(H,14,17). The minimum atomic E-state index is 0.0463. The molecule has 0 atom stereocenters. The van der Waals surface area contributed by atoms with Crippen molar-refractivity contribution in [2.24, 2.45) is 0 Å². The minimum absolute atomic E-state index is 0.0463. The Kier molecular flexibility index (Phi) is 3.42. The van der Waals surface area contributed by atoms with E-state index in [0.717, 1.165) is 17.8 Å². The smallest absolute Gasteiger partial charge is 0.239 e. The first kappa shape index (κ1) is 11.6. The molecule has 0 unspecified atom stereocenters. The second-order valence-corrected chi connectivity index (χ2v) is 4.10. The summed E-state index contributed by atoms with van der Waals surface area (Å²) in [4.78, 5) is 24.7. The van der Waals surface area contributed by atoms with Gasteiger partial charge in [0.25, 0.3) is 0 Å². The number of anilines is 1. The lowest BCUT2D eigenvalue weighted by molar-refractivity contribution is -0.120. The average molecular weight is 232 g/mol. The summed E-state index contributed by atoms with van der Waals surface area (Å²) in [5.41, 5.74) is 1.73. The van der Waals surface area contributed by atoms with E-state index < -0.39 is 0 Å². The van der Waals surface area contributed by atoms with Crippen molar-refractivity contribution in [1.82, 2.24) is 5.32 Å². The van der Waals surface area contributed by atoms with Gasteiger partial charge >= 0.3 is 0 Å². The Labute approximate surface area is 101 Å². The van der Waals surface area contributed by atoms with Gasteiger partial charge in [-0.3, -0.25) is 9.59 Å². The Balaban J connectivity index is 2.12. The highest BCUT2D eigenvalue weighted by molar-refractivity contribution is 5.96. The fraction of sp³-hybridized carbons (Fsp3) is 0.385. The summed E-state index contributed by atoms with van der Waals surface area (Å²) in [6.45, 7) is 3.73. The van der Waals surface area contributed by atoms with E-state index in [1.54, 1.807) is 0 Å². The van der Waals surface area contributed by atoms with Gasteiger partial charge in [0.15, 0.2) is 5.78 Å². The number of piperazine rings is 1. The van der Waals surface area contributed by atoms with Gasteiger partial charge in [0.2, 0.25) is 5.91 Å². The molecule has 1 aromatic rings. The molecule has 4 nitrogen and oxygen atoms in total. The normalized spacial score (nSPS) is 15.6. The van der Waals surface area contributed by atoms with Gasteiger partial charge in [0.05, 0.1) is 6.54 Å². The zero-order valence-electron chi connectivity index (χ0n) is 9.90. The molecule has 0 aliphatic carbocycles. The third kappa shape index (κ3) is 2.64. The predicted molar refractivity (Wildman–Crippen MR) is 66.3 cm³/mol. The monoisotopic (exact) mass is 232 g/mol. The topological polar surface area (TPSA) is 49.4 Å². The molecule has 0 aromatic heterocycles. The molecule has 0 spiro atoms. The van der Waals surface area contributed by atoms with Gasteiger partial charge in [0, 0.05) is 30.8 Å². The minimum Gasteiger partial charge on any atom is -0.360 e. The van der Waals surface area contributed by atoms with Crippen LogP contribution >= 0.6 is 0 Å². The highest BCUT2D eigenvalue weighted by Gasteiger charge is 2.16.